The molecular weight excluding hydrogens is 242 g/mol. The zero-order valence-corrected chi connectivity index (χ0v) is 9.91. The van der Waals surface area contributed by atoms with E-state index in [1.54, 1.807) is 24.3 Å². The van der Waals surface area contributed by atoms with E-state index in [1.165, 1.54) is 7.05 Å². The predicted octanol–water partition coefficient (Wildman–Crippen LogP) is 0.0826. The van der Waals surface area contributed by atoms with Gasteiger partial charge >= 0.3 is 0 Å². The number of nitrogens with zero attached hydrogens (tertiary/aromatic N) is 1. The second-order valence-electron chi connectivity index (χ2n) is 3.49. The quantitative estimate of drug-likeness (QED) is 0.810. The van der Waals surface area contributed by atoms with Crippen molar-refractivity contribution in [3.63, 3.8) is 0 Å². The number of hydrogen-bond donors (Lipinski definition) is 2. The van der Waals surface area contributed by atoms with E-state index in [-0.39, 0.29) is 5.16 Å². The number of carbonyl (C=O) groups excluding carboxylic acids is 1. The maximum Gasteiger partial charge on any atom is 0.235 e. The molecule has 1 heterocycles. The van der Waals surface area contributed by atoms with Crippen LogP contribution in [0.3, 0.4) is 0 Å². The Morgan fingerprint density at radius 2 is 2.12 bits per heavy atom. The molecule has 2 N–H and O–H groups in total. The summed E-state index contributed by atoms with van der Waals surface area (Å²) in [7, 11) is -2.33. The van der Waals surface area contributed by atoms with Crippen LogP contribution in [0.1, 0.15) is 0 Å². The molecule has 0 bridgehead atoms. The fraction of sp³-hybridized carbons (Fsp3) is 0.200. The topological polar surface area (TPSA) is 91.9 Å². The lowest BCUT2D eigenvalue weighted by molar-refractivity contribution is -0.118. The molecule has 0 saturated carbocycles. The van der Waals surface area contributed by atoms with Gasteiger partial charge in [-0.2, -0.15) is 0 Å². The molecule has 2 rings (SSSR count). The lowest BCUT2D eigenvalue weighted by Gasteiger charge is -1.98. The zero-order valence-electron chi connectivity index (χ0n) is 9.10. The second-order valence-corrected chi connectivity index (χ2v) is 5.40. The third-order valence-corrected chi connectivity index (χ3v) is 3.69. The van der Waals surface area contributed by atoms with E-state index in [0.717, 1.165) is 0 Å². The van der Waals surface area contributed by atoms with Crippen molar-refractivity contribution in [1.82, 2.24) is 15.3 Å². The van der Waals surface area contributed by atoms with Crippen LogP contribution in [0.5, 0.6) is 0 Å². The van der Waals surface area contributed by atoms with E-state index in [1.807, 2.05) is 0 Å². The Balaban J connectivity index is 2.42. The summed E-state index contributed by atoms with van der Waals surface area (Å²) < 4.78 is 23.6. The van der Waals surface area contributed by atoms with Crippen LogP contribution in [-0.2, 0) is 14.6 Å². The lowest BCUT2D eigenvalue weighted by atomic mass is 10.3. The number of H-pyrrole nitrogens is 1. The normalized spacial score (nSPS) is 11.6. The van der Waals surface area contributed by atoms with Gasteiger partial charge in [0.25, 0.3) is 0 Å². The maximum atomic E-state index is 11.8. The molecule has 2 aromatic rings. The lowest BCUT2D eigenvalue weighted by Crippen LogP contribution is -2.27. The average Bonchev–Trinajstić information content (AvgIpc) is 2.72. The summed E-state index contributed by atoms with van der Waals surface area (Å²) in [4.78, 5) is 17.7. The molecule has 1 amide bonds. The summed E-state index contributed by atoms with van der Waals surface area (Å²) in [6.45, 7) is 0. The molecule has 17 heavy (non-hydrogen) atoms. The molecule has 0 radical (unpaired) electrons. The van der Waals surface area contributed by atoms with Crippen molar-refractivity contribution in [3.8, 4) is 0 Å². The molecule has 1 aromatic heterocycles. The van der Waals surface area contributed by atoms with Crippen molar-refractivity contribution in [1.29, 1.82) is 0 Å². The number of sulfone groups is 1. The SMILES string of the molecule is CNC(=O)CS(=O)(=O)c1nc2ccccc2[nH]1. The highest BCUT2D eigenvalue weighted by atomic mass is 32.2. The Morgan fingerprint density at radius 3 is 2.76 bits per heavy atom. The number of carbonyl (C=O) groups is 1. The summed E-state index contributed by atoms with van der Waals surface area (Å²) in [6.07, 6.45) is 0. The molecule has 0 fully saturated rings. The molecule has 6 nitrogen and oxygen atoms in total. The Bertz CT molecular complexity index is 627. The number of imidazole rings is 1. The summed E-state index contributed by atoms with van der Waals surface area (Å²) in [5, 5.41) is 2.09. The van der Waals surface area contributed by atoms with Crippen LogP contribution in [-0.4, -0.2) is 37.1 Å². The number of amides is 1. The largest absolute Gasteiger partial charge is 0.358 e. The number of nitrogens with one attached hydrogen (secondary N) is 2. The first-order valence-electron chi connectivity index (χ1n) is 4.91. The Labute approximate surface area is 98.0 Å². The van der Waals surface area contributed by atoms with E-state index in [4.69, 9.17) is 0 Å². The first-order valence-corrected chi connectivity index (χ1v) is 6.56. The van der Waals surface area contributed by atoms with Gasteiger partial charge in [-0.1, -0.05) is 12.1 Å². The van der Waals surface area contributed by atoms with Crippen molar-refractivity contribution >= 4 is 26.8 Å². The van der Waals surface area contributed by atoms with Crippen molar-refractivity contribution < 1.29 is 13.2 Å². The molecule has 0 saturated heterocycles. The van der Waals surface area contributed by atoms with Gasteiger partial charge in [0, 0.05) is 7.05 Å². The van der Waals surface area contributed by atoms with E-state index in [0.29, 0.717) is 11.0 Å². The Morgan fingerprint density at radius 1 is 1.41 bits per heavy atom. The van der Waals surface area contributed by atoms with Gasteiger partial charge in [-0.15, -0.1) is 0 Å². The molecule has 0 atom stereocenters. The monoisotopic (exact) mass is 253 g/mol. The number of rotatable bonds is 3. The number of para-hydroxylation sites is 2. The summed E-state index contributed by atoms with van der Waals surface area (Å²) in [6, 6.07) is 6.96. The van der Waals surface area contributed by atoms with E-state index in [9.17, 15) is 13.2 Å². The van der Waals surface area contributed by atoms with Crippen molar-refractivity contribution in [2.75, 3.05) is 12.8 Å². The van der Waals surface area contributed by atoms with Crippen LogP contribution in [0.25, 0.3) is 11.0 Å². The van der Waals surface area contributed by atoms with E-state index in [2.05, 4.69) is 15.3 Å². The molecule has 0 aliphatic rings. The number of aromatic nitrogens is 2. The first kappa shape index (κ1) is 11.6. The molecule has 90 valence electrons. The third kappa shape index (κ3) is 2.28. The van der Waals surface area contributed by atoms with Crippen molar-refractivity contribution in [2.24, 2.45) is 0 Å². The number of fused-ring (bicyclic) bond motifs is 1. The zero-order chi connectivity index (χ0) is 12.5. The van der Waals surface area contributed by atoms with Crippen LogP contribution in [0.15, 0.2) is 29.4 Å². The summed E-state index contributed by atoms with van der Waals surface area (Å²) in [5.41, 5.74) is 1.19. The van der Waals surface area contributed by atoms with E-state index < -0.39 is 21.5 Å². The fourth-order valence-electron chi connectivity index (χ4n) is 1.39. The standard InChI is InChI=1S/C10H11N3O3S/c1-11-9(14)6-17(15,16)10-12-7-4-2-3-5-8(7)13-10/h2-5H,6H2,1H3,(H,11,14)(H,12,13). The fourth-order valence-corrected chi connectivity index (χ4v) is 2.52. The second kappa shape index (κ2) is 4.17. The van der Waals surface area contributed by atoms with Gasteiger partial charge in [0.15, 0.2) is 0 Å². The molecule has 0 aliphatic heterocycles. The minimum absolute atomic E-state index is 0.178. The minimum Gasteiger partial charge on any atom is -0.358 e. The van der Waals surface area contributed by atoms with Crippen molar-refractivity contribution in [2.45, 2.75) is 5.16 Å². The van der Waals surface area contributed by atoms with Gasteiger partial charge in [-0.05, 0) is 12.1 Å². The summed E-state index contributed by atoms with van der Waals surface area (Å²) in [5.74, 6) is -1.17. The van der Waals surface area contributed by atoms with Crippen LogP contribution in [0.2, 0.25) is 0 Å². The molecule has 0 unspecified atom stereocenters. The first-order chi connectivity index (χ1) is 8.03. The van der Waals surface area contributed by atoms with Gasteiger partial charge in [0.2, 0.25) is 20.9 Å². The van der Waals surface area contributed by atoms with Gasteiger partial charge in [-0.25, -0.2) is 13.4 Å². The highest BCUT2D eigenvalue weighted by molar-refractivity contribution is 7.91. The summed E-state index contributed by atoms with van der Waals surface area (Å²) >= 11 is 0. The van der Waals surface area contributed by atoms with Gasteiger partial charge in [0.05, 0.1) is 11.0 Å². The molecule has 0 spiro atoms. The molecule has 1 aromatic carbocycles. The number of benzene rings is 1. The number of hydrogen-bond acceptors (Lipinski definition) is 4. The Kier molecular flexibility index (Phi) is 2.84. The average molecular weight is 253 g/mol. The van der Waals surface area contributed by atoms with E-state index >= 15 is 0 Å². The smallest absolute Gasteiger partial charge is 0.235 e. The highest BCUT2D eigenvalue weighted by Gasteiger charge is 2.22. The predicted molar refractivity (Wildman–Crippen MR) is 62.2 cm³/mol. The molecule has 7 heteroatoms. The van der Waals surface area contributed by atoms with Crippen LogP contribution in [0.4, 0.5) is 0 Å². The van der Waals surface area contributed by atoms with Crippen LogP contribution < -0.4 is 5.32 Å². The highest BCUT2D eigenvalue weighted by Crippen LogP contribution is 2.14. The molecule has 0 aliphatic carbocycles. The minimum atomic E-state index is -3.71. The van der Waals surface area contributed by atoms with Gasteiger partial charge < -0.3 is 10.3 Å². The van der Waals surface area contributed by atoms with Gasteiger partial charge in [-0.3, -0.25) is 4.79 Å². The maximum absolute atomic E-state index is 11.8. The van der Waals surface area contributed by atoms with Crippen molar-refractivity contribution in [3.05, 3.63) is 24.3 Å². The third-order valence-electron chi connectivity index (χ3n) is 2.26. The van der Waals surface area contributed by atoms with Crippen LogP contribution >= 0.6 is 0 Å². The molecular formula is C10H11N3O3S. The van der Waals surface area contributed by atoms with Gasteiger partial charge in [0.1, 0.15) is 5.75 Å². The Hall–Kier alpha value is -1.89. The van der Waals surface area contributed by atoms with Crippen LogP contribution in [0, 0.1) is 0 Å². The number of aromatic amines is 1.